The number of benzene rings is 1. The van der Waals surface area contributed by atoms with E-state index < -0.39 is 53.2 Å². The van der Waals surface area contributed by atoms with E-state index in [2.05, 4.69) is 20.6 Å². The highest BCUT2D eigenvalue weighted by Gasteiger charge is 2.62. The lowest BCUT2D eigenvalue weighted by Crippen LogP contribution is -2.56. The Bertz CT molecular complexity index is 1510. The molecule has 3 heterocycles. The summed E-state index contributed by atoms with van der Waals surface area (Å²) in [5, 5.41) is 5.73. The van der Waals surface area contributed by atoms with Gasteiger partial charge in [-0.1, -0.05) is 48.7 Å². The van der Waals surface area contributed by atoms with Crippen molar-refractivity contribution in [1.29, 1.82) is 0 Å². The third-order valence-electron chi connectivity index (χ3n) is 8.35. The molecule has 0 bridgehead atoms. The quantitative estimate of drug-likeness (QED) is 0.351. The van der Waals surface area contributed by atoms with Gasteiger partial charge in [0.25, 0.3) is 5.88 Å². The van der Waals surface area contributed by atoms with Gasteiger partial charge >= 0.3 is 12.1 Å². The van der Waals surface area contributed by atoms with Crippen LogP contribution in [-0.4, -0.2) is 81.2 Å². The average molecular weight is 656 g/mol. The van der Waals surface area contributed by atoms with Crippen LogP contribution in [0.4, 0.5) is 4.79 Å². The summed E-state index contributed by atoms with van der Waals surface area (Å²) in [5.74, 6) is -1.59. The minimum Gasteiger partial charge on any atom is -0.470 e. The number of carbonyl (C=O) groups is 4. The van der Waals surface area contributed by atoms with Crippen molar-refractivity contribution in [2.24, 2.45) is 5.92 Å². The van der Waals surface area contributed by atoms with Crippen molar-refractivity contribution in [2.45, 2.75) is 102 Å². The molecule has 2 fully saturated rings. The fourth-order valence-electron chi connectivity index (χ4n) is 6.04. The Kier molecular flexibility index (Phi) is 10.0. The number of hydrogen-bond donors (Lipinski definition) is 2. The number of nitrogens with one attached hydrogen (secondary N) is 2. The molecule has 0 spiro atoms. The van der Waals surface area contributed by atoms with Gasteiger partial charge in [0, 0.05) is 12.3 Å². The number of ether oxygens (including phenoxy) is 3. The minimum absolute atomic E-state index is 0.0178. The van der Waals surface area contributed by atoms with Crippen LogP contribution in [0.3, 0.4) is 0 Å². The van der Waals surface area contributed by atoms with Gasteiger partial charge in [-0.2, -0.15) is 0 Å². The Balaban J connectivity index is 1.45. The predicted molar refractivity (Wildman–Crippen MR) is 170 cm³/mol. The molecule has 13 heteroatoms. The zero-order valence-corrected chi connectivity index (χ0v) is 27.5. The maximum atomic E-state index is 14.2. The van der Waals surface area contributed by atoms with E-state index in [1.54, 1.807) is 39.8 Å². The molecule has 5 rings (SSSR count). The summed E-state index contributed by atoms with van der Waals surface area (Å²) < 4.78 is 17.0. The Morgan fingerprint density at radius 1 is 1.13 bits per heavy atom. The Morgan fingerprint density at radius 2 is 1.87 bits per heavy atom. The van der Waals surface area contributed by atoms with E-state index in [4.69, 9.17) is 25.8 Å². The van der Waals surface area contributed by atoms with E-state index in [1.165, 1.54) is 4.90 Å². The van der Waals surface area contributed by atoms with Crippen molar-refractivity contribution >= 4 is 46.5 Å². The number of para-hydroxylation sites is 2. The zero-order chi connectivity index (χ0) is 33.1. The van der Waals surface area contributed by atoms with Crippen LogP contribution >= 0.6 is 11.6 Å². The summed E-state index contributed by atoms with van der Waals surface area (Å²) in [4.78, 5) is 64.5. The molecule has 1 saturated heterocycles. The monoisotopic (exact) mass is 655 g/mol. The van der Waals surface area contributed by atoms with E-state index >= 15 is 0 Å². The Morgan fingerprint density at radius 3 is 2.59 bits per heavy atom. The number of hydrogen-bond acceptors (Lipinski definition) is 9. The van der Waals surface area contributed by atoms with Gasteiger partial charge in [-0.25, -0.2) is 19.6 Å². The van der Waals surface area contributed by atoms with Gasteiger partial charge in [0.1, 0.15) is 29.3 Å². The summed E-state index contributed by atoms with van der Waals surface area (Å²) >= 11 is 6.43. The standard InChI is InChI=1S/C33H42ClN5O7/c1-5-44-30(42)33-18-20(33)13-9-7-6-8-10-16-24(37-31(43)46-32(2,3)4)29(41)39-19-21(17-25(39)27(40)38-33)45-28-26(34)35-22-14-11-12-15-23(22)36-28/h9,11-15,20-21,24-25H,5-8,10,16-19H2,1-4H3,(H,37,43)(H,38,40)/b13-9-/t20-,21-,24+,25+,33-/m1/s1. The lowest BCUT2D eigenvalue weighted by Gasteiger charge is -2.30. The first kappa shape index (κ1) is 33.4. The smallest absolute Gasteiger partial charge is 0.408 e. The maximum Gasteiger partial charge on any atom is 0.408 e. The van der Waals surface area contributed by atoms with Crippen LogP contribution in [-0.2, 0) is 23.9 Å². The lowest BCUT2D eigenvalue weighted by molar-refractivity contribution is -0.150. The van der Waals surface area contributed by atoms with E-state index in [0.29, 0.717) is 30.3 Å². The number of aromatic nitrogens is 2. The summed E-state index contributed by atoms with van der Waals surface area (Å²) in [5.41, 5.74) is -0.800. The highest BCUT2D eigenvalue weighted by Crippen LogP contribution is 2.46. The summed E-state index contributed by atoms with van der Waals surface area (Å²) in [7, 11) is 0. The molecule has 1 aromatic heterocycles. The molecular weight excluding hydrogens is 614 g/mol. The van der Waals surface area contributed by atoms with Crippen LogP contribution in [0.25, 0.3) is 11.0 Å². The average Bonchev–Trinajstić information content (AvgIpc) is 3.52. The number of nitrogens with zero attached hydrogens (tertiary/aromatic N) is 3. The van der Waals surface area contributed by atoms with Crippen LogP contribution in [0.5, 0.6) is 5.88 Å². The minimum atomic E-state index is -1.21. The van der Waals surface area contributed by atoms with Gasteiger partial charge in [0.05, 0.1) is 24.2 Å². The number of esters is 1. The molecule has 0 radical (unpaired) electrons. The summed E-state index contributed by atoms with van der Waals surface area (Å²) in [6.07, 6.45) is 6.60. The molecule has 1 aliphatic carbocycles. The van der Waals surface area contributed by atoms with Crippen molar-refractivity contribution in [3.05, 3.63) is 41.6 Å². The van der Waals surface area contributed by atoms with E-state index in [-0.39, 0.29) is 36.5 Å². The number of halogens is 1. The van der Waals surface area contributed by atoms with Crippen molar-refractivity contribution < 1.29 is 33.4 Å². The second-order valence-corrected chi connectivity index (χ2v) is 13.4. The number of alkyl carbamates (subject to hydrolysis) is 1. The number of amides is 3. The third-order valence-corrected chi connectivity index (χ3v) is 8.59. The third kappa shape index (κ3) is 7.71. The van der Waals surface area contributed by atoms with Crippen molar-refractivity contribution in [3.63, 3.8) is 0 Å². The van der Waals surface area contributed by atoms with Gasteiger partial charge in [-0.15, -0.1) is 0 Å². The number of rotatable bonds is 5. The predicted octanol–water partition coefficient (Wildman–Crippen LogP) is 4.48. The highest BCUT2D eigenvalue weighted by molar-refractivity contribution is 6.31. The van der Waals surface area contributed by atoms with Gasteiger partial charge in [-0.05, 0) is 65.5 Å². The Hall–Kier alpha value is -3.93. The van der Waals surface area contributed by atoms with Crippen molar-refractivity contribution in [2.75, 3.05) is 13.2 Å². The molecule has 2 aromatic rings. The normalized spacial score (nSPS) is 27.7. The zero-order valence-electron chi connectivity index (χ0n) is 26.7. The second kappa shape index (κ2) is 13.8. The molecule has 1 saturated carbocycles. The van der Waals surface area contributed by atoms with Crippen LogP contribution in [0, 0.1) is 5.92 Å². The summed E-state index contributed by atoms with van der Waals surface area (Å²) in [6, 6.07) is 5.26. The molecule has 46 heavy (non-hydrogen) atoms. The fraction of sp³-hybridized carbons (Fsp3) is 0.576. The van der Waals surface area contributed by atoms with Gasteiger partial charge in [-0.3, -0.25) is 9.59 Å². The molecule has 5 atom stereocenters. The van der Waals surface area contributed by atoms with Crippen LogP contribution in [0.2, 0.25) is 5.15 Å². The molecule has 1 aromatic carbocycles. The second-order valence-electron chi connectivity index (χ2n) is 13.0. The summed E-state index contributed by atoms with van der Waals surface area (Å²) in [6.45, 7) is 7.13. The maximum absolute atomic E-state index is 14.2. The van der Waals surface area contributed by atoms with Crippen LogP contribution in [0.1, 0.15) is 72.6 Å². The molecule has 2 aliphatic heterocycles. The largest absolute Gasteiger partial charge is 0.470 e. The molecule has 3 amide bonds. The molecule has 12 nitrogen and oxygen atoms in total. The number of fused-ring (bicyclic) bond motifs is 3. The van der Waals surface area contributed by atoms with Gasteiger partial charge < -0.3 is 29.7 Å². The van der Waals surface area contributed by atoms with E-state index in [9.17, 15) is 19.2 Å². The van der Waals surface area contributed by atoms with E-state index in [0.717, 1.165) is 19.3 Å². The van der Waals surface area contributed by atoms with Crippen LogP contribution in [0.15, 0.2) is 36.4 Å². The molecule has 3 aliphatic rings. The first-order valence-corrected chi connectivity index (χ1v) is 16.3. The topological polar surface area (TPSA) is 149 Å². The first-order valence-electron chi connectivity index (χ1n) is 15.9. The van der Waals surface area contributed by atoms with Crippen molar-refractivity contribution in [3.8, 4) is 5.88 Å². The van der Waals surface area contributed by atoms with Crippen LogP contribution < -0.4 is 15.4 Å². The number of carbonyl (C=O) groups excluding carboxylic acids is 4. The first-order chi connectivity index (χ1) is 21.9. The SMILES string of the molecule is CCOC(=O)[C@@]12C[C@H]1/C=C\CCCCC[C@H](NC(=O)OC(C)(C)C)C(=O)N1C[C@H](Oc3nc4ccccc4nc3Cl)C[C@H]1C(=O)N2. The lowest BCUT2D eigenvalue weighted by atomic mass is 10.0. The number of allylic oxidation sites excluding steroid dienone is 1. The van der Waals surface area contributed by atoms with E-state index in [1.807, 2.05) is 24.3 Å². The molecule has 0 unspecified atom stereocenters. The van der Waals surface area contributed by atoms with Crippen molar-refractivity contribution in [1.82, 2.24) is 25.5 Å². The molecule has 248 valence electrons. The molecule has 2 N–H and O–H groups in total. The highest BCUT2D eigenvalue weighted by atomic mass is 35.5. The Labute approximate surface area is 273 Å². The van der Waals surface area contributed by atoms with Gasteiger partial charge in [0.15, 0.2) is 5.15 Å². The molecular formula is C33H42ClN5O7. The van der Waals surface area contributed by atoms with Gasteiger partial charge in [0.2, 0.25) is 11.8 Å². The fourth-order valence-corrected chi connectivity index (χ4v) is 6.22.